The summed E-state index contributed by atoms with van der Waals surface area (Å²) in [7, 11) is 0. The second-order valence-corrected chi connectivity index (χ2v) is 4.02. The van der Waals surface area contributed by atoms with Crippen LogP contribution in [-0.4, -0.2) is 5.91 Å². The Hall–Kier alpha value is -0.930. The van der Waals surface area contributed by atoms with Crippen LogP contribution >= 0.6 is 23.2 Å². The molecule has 0 aliphatic carbocycles. The standard InChI is InChI=1S/C10H12Cl2N2O/c1-2-3-5-4-6(11)8(12)7(9(5)13)10(14)15/h4H,2-3,13H2,1H3,(H2,14,15). The Morgan fingerprint density at radius 1 is 1.47 bits per heavy atom. The van der Waals surface area contributed by atoms with E-state index in [1.807, 2.05) is 6.92 Å². The van der Waals surface area contributed by atoms with Crippen molar-refractivity contribution in [3.63, 3.8) is 0 Å². The topological polar surface area (TPSA) is 69.1 Å². The lowest BCUT2D eigenvalue weighted by molar-refractivity contribution is 0.100. The predicted molar refractivity (Wildman–Crippen MR) is 63.4 cm³/mol. The van der Waals surface area contributed by atoms with Gasteiger partial charge in [-0.3, -0.25) is 4.79 Å². The summed E-state index contributed by atoms with van der Waals surface area (Å²) in [6.45, 7) is 2.01. The van der Waals surface area contributed by atoms with Crippen molar-refractivity contribution in [3.05, 3.63) is 27.2 Å². The van der Waals surface area contributed by atoms with Crippen molar-refractivity contribution in [1.29, 1.82) is 0 Å². The number of hydrogen-bond acceptors (Lipinski definition) is 2. The molecule has 1 rings (SSSR count). The molecule has 82 valence electrons. The third-order valence-electron chi connectivity index (χ3n) is 2.11. The maximum atomic E-state index is 11.2. The zero-order chi connectivity index (χ0) is 11.6. The first-order valence-corrected chi connectivity index (χ1v) is 5.30. The molecular formula is C10H12Cl2N2O. The number of hydrogen-bond donors (Lipinski definition) is 2. The predicted octanol–water partition coefficient (Wildman–Crippen LogP) is 2.63. The summed E-state index contributed by atoms with van der Waals surface area (Å²) in [5, 5.41) is 0.435. The molecule has 0 unspecified atom stereocenters. The van der Waals surface area contributed by atoms with Gasteiger partial charge in [-0.25, -0.2) is 0 Å². The Morgan fingerprint density at radius 2 is 2.07 bits per heavy atom. The molecule has 0 saturated carbocycles. The van der Waals surface area contributed by atoms with E-state index >= 15 is 0 Å². The lowest BCUT2D eigenvalue weighted by Crippen LogP contribution is -2.15. The molecule has 5 heteroatoms. The highest BCUT2D eigenvalue weighted by molar-refractivity contribution is 6.44. The second kappa shape index (κ2) is 4.73. The number of benzene rings is 1. The van der Waals surface area contributed by atoms with E-state index in [4.69, 9.17) is 34.7 Å². The van der Waals surface area contributed by atoms with Gasteiger partial charge in [-0.05, 0) is 18.1 Å². The molecule has 0 aliphatic rings. The molecule has 0 spiro atoms. The van der Waals surface area contributed by atoms with Gasteiger partial charge in [0.05, 0.1) is 15.6 Å². The van der Waals surface area contributed by atoms with E-state index in [1.165, 1.54) is 0 Å². The van der Waals surface area contributed by atoms with E-state index in [0.29, 0.717) is 10.7 Å². The fourth-order valence-electron chi connectivity index (χ4n) is 1.41. The zero-order valence-electron chi connectivity index (χ0n) is 8.31. The first-order chi connectivity index (χ1) is 6.99. The Labute approximate surface area is 98.3 Å². The van der Waals surface area contributed by atoms with Gasteiger partial charge in [-0.15, -0.1) is 0 Å². The van der Waals surface area contributed by atoms with Gasteiger partial charge >= 0.3 is 0 Å². The van der Waals surface area contributed by atoms with Crippen molar-refractivity contribution in [2.75, 3.05) is 5.73 Å². The second-order valence-electron chi connectivity index (χ2n) is 3.23. The zero-order valence-corrected chi connectivity index (χ0v) is 9.82. The van der Waals surface area contributed by atoms with E-state index in [9.17, 15) is 4.79 Å². The number of nitrogens with two attached hydrogens (primary N) is 2. The van der Waals surface area contributed by atoms with Crippen LogP contribution in [0.4, 0.5) is 5.69 Å². The van der Waals surface area contributed by atoms with E-state index in [0.717, 1.165) is 18.4 Å². The van der Waals surface area contributed by atoms with Crippen molar-refractivity contribution in [1.82, 2.24) is 0 Å². The van der Waals surface area contributed by atoms with Crippen molar-refractivity contribution >= 4 is 34.8 Å². The number of carbonyl (C=O) groups excluding carboxylic acids is 1. The normalized spacial score (nSPS) is 10.3. The molecule has 1 aromatic rings. The van der Waals surface area contributed by atoms with Crippen LogP contribution < -0.4 is 11.5 Å². The molecule has 0 radical (unpaired) electrons. The quantitative estimate of drug-likeness (QED) is 0.806. The van der Waals surface area contributed by atoms with Gasteiger partial charge in [-0.2, -0.15) is 0 Å². The molecule has 15 heavy (non-hydrogen) atoms. The van der Waals surface area contributed by atoms with Crippen molar-refractivity contribution in [3.8, 4) is 0 Å². The molecule has 0 fully saturated rings. The first-order valence-electron chi connectivity index (χ1n) is 4.55. The molecule has 0 saturated heterocycles. The number of carbonyl (C=O) groups is 1. The summed E-state index contributed by atoms with van der Waals surface area (Å²) >= 11 is 11.7. The van der Waals surface area contributed by atoms with Crippen LogP contribution in [0.5, 0.6) is 0 Å². The van der Waals surface area contributed by atoms with E-state index in [2.05, 4.69) is 0 Å². The van der Waals surface area contributed by atoms with Crippen molar-refractivity contribution in [2.45, 2.75) is 19.8 Å². The van der Waals surface area contributed by atoms with Gasteiger partial charge in [0.2, 0.25) is 0 Å². The molecule has 4 N–H and O–H groups in total. The van der Waals surface area contributed by atoms with Gasteiger partial charge in [-0.1, -0.05) is 36.5 Å². The van der Waals surface area contributed by atoms with Crippen LogP contribution in [0.2, 0.25) is 10.0 Å². The number of anilines is 1. The molecule has 0 heterocycles. The van der Waals surface area contributed by atoms with Gasteiger partial charge in [0.1, 0.15) is 0 Å². The monoisotopic (exact) mass is 246 g/mol. The molecule has 0 aromatic heterocycles. The van der Waals surface area contributed by atoms with E-state index in [-0.39, 0.29) is 10.6 Å². The largest absolute Gasteiger partial charge is 0.398 e. The summed E-state index contributed by atoms with van der Waals surface area (Å²) in [6, 6.07) is 1.68. The fraction of sp³-hybridized carbons (Fsp3) is 0.300. The minimum Gasteiger partial charge on any atom is -0.398 e. The average Bonchev–Trinajstić information content (AvgIpc) is 2.14. The van der Waals surface area contributed by atoms with Gasteiger partial charge in [0, 0.05) is 5.69 Å². The third kappa shape index (κ3) is 2.36. The maximum absolute atomic E-state index is 11.2. The maximum Gasteiger partial charge on any atom is 0.252 e. The average molecular weight is 247 g/mol. The Bertz CT molecular complexity index is 405. The number of rotatable bonds is 3. The summed E-state index contributed by atoms with van der Waals surface area (Å²) in [6.07, 6.45) is 1.64. The molecule has 3 nitrogen and oxygen atoms in total. The highest BCUT2D eigenvalue weighted by atomic mass is 35.5. The highest BCUT2D eigenvalue weighted by Gasteiger charge is 2.17. The van der Waals surface area contributed by atoms with Crippen molar-refractivity contribution in [2.24, 2.45) is 5.73 Å². The smallest absolute Gasteiger partial charge is 0.252 e. The number of primary amides is 1. The number of halogens is 2. The number of aryl methyl sites for hydroxylation is 1. The molecule has 0 atom stereocenters. The van der Waals surface area contributed by atoms with Crippen LogP contribution in [0, 0.1) is 0 Å². The van der Waals surface area contributed by atoms with E-state index < -0.39 is 5.91 Å². The minimum absolute atomic E-state index is 0.118. The third-order valence-corrected chi connectivity index (χ3v) is 2.90. The number of amides is 1. The minimum atomic E-state index is -0.655. The van der Waals surface area contributed by atoms with Crippen LogP contribution in [-0.2, 0) is 6.42 Å². The first kappa shape index (κ1) is 12.1. The summed E-state index contributed by atoms with van der Waals surface area (Å²) in [4.78, 5) is 11.2. The lowest BCUT2D eigenvalue weighted by atomic mass is 10.0. The molecule has 0 aliphatic heterocycles. The summed E-state index contributed by atoms with van der Waals surface area (Å²) in [5.74, 6) is -0.655. The molecule has 1 amide bonds. The molecule has 0 bridgehead atoms. The van der Waals surface area contributed by atoms with Crippen LogP contribution in [0.25, 0.3) is 0 Å². The number of nitrogen functional groups attached to an aromatic ring is 1. The SMILES string of the molecule is CCCc1cc(Cl)c(Cl)c(C(N)=O)c1N. The Balaban J connectivity index is 3.42. The van der Waals surface area contributed by atoms with Crippen LogP contribution in [0.15, 0.2) is 6.07 Å². The van der Waals surface area contributed by atoms with Crippen LogP contribution in [0.3, 0.4) is 0 Å². The van der Waals surface area contributed by atoms with Crippen LogP contribution in [0.1, 0.15) is 29.3 Å². The van der Waals surface area contributed by atoms with Crippen molar-refractivity contribution < 1.29 is 4.79 Å². The summed E-state index contributed by atoms with van der Waals surface area (Å²) in [5.41, 5.74) is 12.2. The van der Waals surface area contributed by atoms with Gasteiger partial charge in [0.25, 0.3) is 5.91 Å². The molecular weight excluding hydrogens is 235 g/mol. The van der Waals surface area contributed by atoms with Gasteiger partial charge in [0.15, 0.2) is 0 Å². The highest BCUT2D eigenvalue weighted by Crippen LogP contribution is 2.33. The molecule has 1 aromatic carbocycles. The summed E-state index contributed by atoms with van der Waals surface area (Å²) < 4.78 is 0. The lowest BCUT2D eigenvalue weighted by Gasteiger charge is -2.11. The Morgan fingerprint density at radius 3 is 2.53 bits per heavy atom. The van der Waals surface area contributed by atoms with Gasteiger partial charge < -0.3 is 11.5 Å². The Kier molecular flexibility index (Phi) is 3.83. The van der Waals surface area contributed by atoms with E-state index in [1.54, 1.807) is 6.07 Å². The fourth-order valence-corrected chi connectivity index (χ4v) is 1.89.